The van der Waals surface area contributed by atoms with Gasteiger partial charge in [0, 0.05) is 12.1 Å². The van der Waals surface area contributed by atoms with E-state index >= 15 is 0 Å². The number of rotatable bonds is 5. The van der Waals surface area contributed by atoms with Gasteiger partial charge in [0.15, 0.2) is 0 Å². The van der Waals surface area contributed by atoms with E-state index in [1.807, 2.05) is 6.08 Å². The Morgan fingerprint density at radius 1 is 1.12 bits per heavy atom. The van der Waals surface area contributed by atoms with Crippen LogP contribution in [0.25, 0.3) is 0 Å². The maximum absolute atomic E-state index is 12.1. The summed E-state index contributed by atoms with van der Waals surface area (Å²) in [6.07, 6.45) is 11.1. The number of carboxylic acids is 1. The minimum atomic E-state index is -1.29. The molecule has 7 nitrogen and oxygen atoms in total. The van der Waals surface area contributed by atoms with E-state index in [2.05, 4.69) is 10.6 Å². The maximum Gasteiger partial charge on any atom is 0.408 e. The summed E-state index contributed by atoms with van der Waals surface area (Å²) in [4.78, 5) is 35.0. The van der Waals surface area contributed by atoms with Crippen LogP contribution in [0.1, 0.15) is 20.8 Å². The normalized spacial score (nSPS) is 17.5. The van der Waals surface area contributed by atoms with Crippen molar-refractivity contribution in [3.05, 3.63) is 48.1 Å². The van der Waals surface area contributed by atoms with Crippen molar-refractivity contribution in [2.45, 2.75) is 32.4 Å². The van der Waals surface area contributed by atoms with Crippen molar-refractivity contribution in [2.75, 3.05) is 6.54 Å². The number of amides is 2. The monoisotopic (exact) mass is 334 g/mol. The summed E-state index contributed by atoms with van der Waals surface area (Å²) in [6, 6.07) is -1.29. The third-order valence-electron chi connectivity index (χ3n) is 2.71. The third kappa shape index (κ3) is 7.44. The fraction of sp³-hybridized carbons (Fsp3) is 0.353. The molecule has 1 atom stereocenters. The smallest absolute Gasteiger partial charge is 0.408 e. The highest BCUT2D eigenvalue weighted by Crippen LogP contribution is 2.07. The third-order valence-corrected chi connectivity index (χ3v) is 2.71. The van der Waals surface area contributed by atoms with Gasteiger partial charge < -0.3 is 20.5 Å². The van der Waals surface area contributed by atoms with Crippen molar-refractivity contribution in [1.29, 1.82) is 0 Å². The van der Waals surface area contributed by atoms with Crippen LogP contribution in [0.2, 0.25) is 0 Å². The molecular weight excluding hydrogens is 312 g/mol. The predicted octanol–water partition coefficient (Wildman–Crippen LogP) is 1.69. The Morgan fingerprint density at radius 3 is 2.38 bits per heavy atom. The number of alkyl carbamates (subject to hydrolysis) is 1. The minimum absolute atomic E-state index is 0.266. The molecule has 0 heterocycles. The first-order valence-corrected chi connectivity index (χ1v) is 7.41. The van der Waals surface area contributed by atoms with Crippen molar-refractivity contribution in [3.8, 4) is 0 Å². The molecule has 0 radical (unpaired) electrons. The molecule has 1 unspecified atom stereocenters. The molecule has 0 fully saturated rings. The lowest BCUT2D eigenvalue weighted by atomic mass is 10.1. The van der Waals surface area contributed by atoms with Crippen LogP contribution < -0.4 is 10.6 Å². The van der Waals surface area contributed by atoms with Crippen LogP contribution in [0.4, 0.5) is 4.79 Å². The number of nitrogens with one attached hydrogen (secondary N) is 2. The zero-order chi connectivity index (χ0) is 18.2. The number of carbonyl (C=O) groups excluding carboxylic acids is 2. The first kappa shape index (κ1) is 19.2. The van der Waals surface area contributed by atoms with Gasteiger partial charge in [0.2, 0.25) is 0 Å². The molecule has 1 aliphatic carbocycles. The van der Waals surface area contributed by atoms with Gasteiger partial charge in [-0.1, -0.05) is 30.4 Å². The average molecular weight is 334 g/mol. The van der Waals surface area contributed by atoms with E-state index < -0.39 is 29.6 Å². The molecule has 3 N–H and O–H groups in total. The molecule has 0 saturated heterocycles. The number of carboxylic acid groups (broad SMARTS) is 1. The molecule has 0 bridgehead atoms. The molecule has 2 amide bonds. The van der Waals surface area contributed by atoms with E-state index in [1.54, 1.807) is 57.2 Å². The topological polar surface area (TPSA) is 105 Å². The zero-order valence-corrected chi connectivity index (χ0v) is 13.9. The Morgan fingerprint density at radius 2 is 1.75 bits per heavy atom. The van der Waals surface area contributed by atoms with E-state index in [0.717, 1.165) is 0 Å². The summed E-state index contributed by atoms with van der Waals surface area (Å²) in [6.45, 7) is 4.73. The van der Waals surface area contributed by atoms with Gasteiger partial charge >= 0.3 is 12.1 Å². The molecule has 0 aliphatic heterocycles. The van der Waals surface area contributed by atoms with E-state index in [4.69, 9.17) is 9.84 Å². The molecule has 1 aliphatic rings. The summed E-state index contributed by atoms with van der Waals surface area (Å²) in [5, 5.41) is 13.9. The van der Waals surface area contributed by atoms with Crippen molar-refractivity contribution in [1.82, 2.24) is 10.6 Å². The lowest BCUT2D eigenvalue weighted by Gasteiger charge is -2.22. The van der Waals surface area contributed by atoms with Crippen LogP contribution in [-0.2, 0) is 14.3 Å². The number of hydrogen-bond donors (Lipinski definition) is 3. The summed E-state index contributed by atoms with van der Waals surface area (Å²) < 4.78 is 5.01. The average Bonchev–Trinajstić information content (AvgIpc) is 2.40. The van der Waals surface area contributed by atoms with Crippen LogP contribution in [0, 0.1) is 0 Å². The lowest BCUT2D eigenvalue weighted by molar-refractivity contribution is -0.139. The van der Waals surface area contributed by atoms with Crippen LogP contribution in [0.3, 0.4) is 0 Å². The van der Waals surface area contributed by atoms with Crippen LogP contribution in [-0.4, -0.2) is 41.3 Å². The molecule has 0 aromatic carbocycles. The minimum Gasteiger partial charge on any atom is -0.480 e. The van der Waals surface area contributed by atoms with E-state index in [0.29, 0.717) is 5.57 Å². The number of hydrogen-bond acceptors (Lipinski definition) is 4. The highest BCUT2D eigenvalue weighted by molar-refractivity contribution is 5.97. The largest absolute Gasteiger partial charge is 0.480 e. The van der Waals surface area contributed by atoms with Crippen LogP contribution in [0.15, 0.2) is 48.1 Å². The number of allylic oxidation sites excluding steroid dienone is 6. The van der Waals surface area contributed by atoms with Crippen molar-refractivity contribution >= 4 is 18.0 Å². The Kier molecular flexibility index (Phi) is 6.98. The second-order valence-corrected chi connectivity index (χ2v) is 6.00. The molecule has 130 valence electrons. The predicted molar refractivity (Wildman–Crippen MR) is 89.3 cm³/mol. The SMILES string of the molecule is CC(C)(C)OC(=O)NC(CNC(=O)C1=C/C=C\C=C/C=C1)C(=O)O. The molecule has 0 saturated carbocycles. The highest BCUT2D eigenvalue weighted by Gasteiger charge is 2.24. The fourth-order valence-electron chi connectivity index (χ4n) is 1.66. The van der Waals surface area contributed by atoms with Gasteiger partial charge in [-0.2, -0.15) is 0 Å². The molecule has 0 spiro atoms. The van der Waals surface area contributed by atoms with Gasteiger partial charge in [-0.05, 0) is 32.9 Å². The lowest BCUT2D eigenvalue weighted by Crippen LogP contribution is -2.49. The molecular formula is C17H22N2O5. The van der Waals surface area contributed by atoms with Crippen molar-refractivity contribution in [3.63, 3.8) is 0 Å². The van der Waals surface area contributed by atoms with Gasteiger partial charge in [0.05, 0.1) is 0 Å². The maximum atomic E-state index is 12.1. The van der Waals surface area contributed by atoms with Crippen LogP contribution in [0.5, 0.6) is 0 Å². The highest BCUT2D eigenvalue weighted by atomic mass is 16.6. The second kappa shape index (κ2) is 8.71. The number of aliphatic carboxylic acids is 1. The van der Waals surface area contributed by atoms with Crippen molar-refractivity contribution in [2.24, 2.45) is 0 Å². The Hall–Kier alpha value is -2.83. The molecule has 1 rings (SSSR count). The molecule has 24 heavy (non-hydrogen) atoms. The quantitative estimate of drug-likeness (QED) is 0.709. The number of ether oxygens (including phenoxy) is 1. The molecule has 0 aromatic heterocycles. The standard InChI is InChI=1S/C17H22N2O5/c1-17(2,3)24-16(23)19-13(15(21)22)11-18-14(20)12-9-7-5-4-6-8-10-12/h4-10,13H,11H2,1-3H3,(H,18,20)(H,19,23)(H,21,22)/b5-4-,6-4?,7-5?,8-6-,9-7?,10-8?,12-9?,12-10?. The summed E-state index contributed by atoms with van der Waals surface area (Å²) >= 11 is 0. The number of carbonyl (C=O) groups is 3. The van der Waals surface area contributed by atoms with E-state index in [-0.39, 0.29) is 6.54 Å². The van der Waals surface area contributed by atoms with E-state index in [1.165, 1.54) is 0 Å². The Bertz CT molecular complexity index is 609. The van der Waals surface area contributed by atoms with Gasteiger partial charge in [0.1, 0.15) is 11.6 Å². The Balaban J connectivity index is 2.61. The molecule has 0 aromatic rings. The first-order valence-electron chi connectivity index (χ1n) is 7.41. The summed E-state index contributed by atoms with van der Waals surface area (Å²) in [5.74, 6) is -1.71. The van der Waals surface area contributed by atoms with Crippen LogP contribution >= 0.6 is 0 Å². The zero-order valence-electron chi connectivity index (χ0n) is 13.9. The fourth-order valence-corrected chi connectivity index (χ4v) is 1.66. The van der Waals surface area contributed by atoms with Gasteiger partial charge in [-0.25, -0.2) is 9.59 Å². The van der Waals surface area contributed by atoms with E-state index in [9.17, 15) is 14.4 Å². The molecule has 7 heteroatoms. The summed E-state index contributed by atoms with van der Waals surface area (Å²) in [5.41, 5.74) is -0.373. The Labute approximate surface area is 140 Å². The summed E-state index contributed by atoms with van der Waals surface area (Å²) in [7, 11) is 0. The van der Waals surface area contributed by atoms with Gasteiger partial charge in [-0.15, -0.1) is 0 Å². The van der Waals surface area contributed by atoms with Gasteiger partial charge in [0.25, 0.3) is 5.91 Å². The van der Waals surface area contributed by atoms with Gasteiger partial charge in [-0.3, -0.25) is 4.79 Å². The second-order valence-electron chi connectivity index (χ2n) is 6.00. The first-order chi connectivity index (χ1) is 11.2. The van der Waals surface area contributed by atoms with Crippen molar-refractivity contribution < 1.29 is 24.2 Å².